The summed E-state index contributed by atoms with van der Waals surface area (Å²) in [5.41, 5.74) is 8.36. The molecule has 0 aliphatic carbocycles. The van der Waals surface area contributed by atoms with Crippen LogP contribution in [0.3, 0.4) is 0 Å². The molecule has 0 saturated heterocycles. The van der Waals surface area contributed by atoms with Crippen molar-refractivity contribution in [3.63, 3.8) is 0 Å². The van der Waals surface area contributed by atoms with Gasteiger partial charge in [0.25, 0.3) is 0 Å². The predicted molar refractivity (Wildman–Crippen MR) is 53.0 cm³/mol. The van der Waals surface area contributed by atoms with Crippen LogP contribution in [0, 0.1) is 0 Å². The first-order chi connectivity index (χ1) is 5.74. The number of nitrogens with two attached hydrogens (primary N) is 1. The molecule has 0 aromatic heterocycles. The lowest BCUT2D eigenvalue weighted by Crippen LogP contribution is -2.04. The van der Waals surface area contributed by atoms with Crippen LogP contribution in [-0.4, -0.2) is 0 Å². The van der Waals surface area contributed by atoms with Crippen molar-refractivity contribution < 1.29 is 0 Å². The zero-order valence-corrected chi connectivity index (χ0v) is 7.88. The van der Waals surface area contributed by atoms with Crippen LogP contribution < -0.4 is 5.73 Å². The van der Waals surface area contributed by atoms with Gasteiger partial charge in [0.05, 0.1) is 0 Å². The van der Waals surface area contributed by atoms with Gasteiger partial charge in [0.15, 0.2) is 0 Å². The van der Waals surface area contributed by atoms with Crippen LogP contribution in [0.15, 0.2) is 24.3 Å². The first-order valence-electron chi connectivity index (χ1n) is 4.58. The summed E-state index contributed by atoms with van der Waals surface area (Å²) in [4.78, 5) is 0. The number of hydrogen-bond donors (Lipinski definition) is 1. The number of rotatable bonds is 3. The minimum absolute atomic E-state index is 0.153. The average Bonchev–Trinajstić information content (AvgIpc) is 2.06. The fraction of sp³-hybridized carbons (Fsp3) is 0.455. The summed E-state index contributed by atoms with van der Waals surface area (Å²) in [7, 11) is 0. The smallest absolute Gasteiger partial charge is 0.0266 e. The van der Waals surface area contributed by atoms with E-state index in [4.69, 9.17) is 5.73 Å². The maximum atomic E-state index is 5.74. The van der Waals surface area contributed by atoms with Crippen molar-refractivity contribution in [2.45, 2.75) is 32.7 Å². The molecule has 2 N–H and O–H groups in total. The normalized spacial score (nSPS) is 12.9. The third-order valence-electron chi connectivity index (χ3n) is 2.04. The Labute approximate surface area is 74.6 Å². The second-order valence-electron chi connectivity index (χ2n) is 3.28. The second kappa shape index (κ2) is 4.27. The maximum Gasteiger partial charge on any atom is 0.0266 e. The quantitative estimate of drug-likeness (QED) is 0.728. The van der Waals surface area contributed by atoms with Gasteiger partial charge >= 0.3 is 0 Å². The lowest BCUT2D eigenvalue weighted by molar-refractivity contribution is 0.815. The molecule has 0 amide bonds. The number of benzene rings is 1. The topological polar surface area (TPSA) is 26.0 Å². The summed E-state index contributed by atoms with van der Waals surface area (Å²) < 4.78 is 0. The Hall–Kier alpha value is -0.820. The molecule has 0 fully saturated rings. The third kappa shape index (κ3) is 2.35. The molecule has 66 valence electrons. The van der Waals surface area contributed by atoms with Gasteiger partial charge in [0.2, 0.25) is 0 Å². The molecular weight excluding hydrogens is 146 g/mol. The first kappa shape index (κ1) is 9.27. The van der Waals surface area contributed by atoms with E-state index in [-0.39, 0.29) is 6.04 Å². The maximum absolute atomic E-state index is 5.74. The molecule has 0 aliphatic rings. The molecule has 1 aromatic carbocycles. The fourth-order valence-electron chi connectivity index (χ4n) is 1.28. The average molecular weight is 163 g/mol. The molecule has 1 heteroatoms. The van der Waals surface area contributed by atoms with Crippen molar-refractivity contribution in [3.05, 3.63) is 35.4 Å². The van der Waals surface area contributed by atoms with E-state index in [0.29, 0.717) is 0 Å². The number of hydrogen-bond acceptors (Lipinski definition) is 1. The molecule has 1 rings (SSSR count). The number of aryl methyl sites for hydroxylation is 1. The zero-order valence-electron chi connectivity index (χ0n) is 7.88. The fourth-order valence-corrected chi connectivity index (χ4v) is 1.28. The standard InChI is InChI=1S/C11H17N/c1-3-4-10-5-7-11(8-6-10)9(2)12/h5-9H,3-4,12H2,1-2H3/t9-/m1/s1. The van der Waals surface area contributed by atoms with E-state index in [1.807, 2.05) is 6.92 Å². The molecule has 0 unspecified atom stereocenters. The zero-order chi connectivity index (χ0) is 8.97. The Morgan fingerprint density at radius 1 is 1.25 bits per heavy atom. The molecule has 0 spiro atoms. The molecule has 0 saturated carbocycles. The third-order valence-corrected chi connectivity index (χ3v) is 2.04. The van der Waals surface area contributed by atoms with Crippen LogP contribution in [0.4, 0.5) is 0 Å². The summed E-state index contributed by atoms with van der Waals surface area (Å²) >= 11 is 0. The van der Waals surface area contributed by atoms with E-state index in [1.165, 1.54) is 24.0 Å². The van der Waals surface area contributed by atoms with Gasteiger partial charge in [-0.1, -0.05) is 37.6 Å². The van der Waals surface area contributed by atoms with Gasteiger partial charge in [-0.2, -0.15) is 0 Å². The molecule has 0 bridgehead atoms. The van der Waals surface area contributed by atoms with Crippen LogP contribution in [0.2, 0.25) is 0 Å². The molecule has 0 heterocycles. The molecule has 1 nitrogen and oxygen atoms in total. The Balaban J connectivity index is 2.71. The van der Waals surface area contributed by atoms with Crippen molar-refractivity contribution in [2.75, 3.05) is 0 Å². The SMILES string of the molecule is CCCc1ccc([C@@H](C)N)cc1. The van der Waals surface area contributed by atoms with Crippen molar-refractivity contribution in [1.29, 1.82) is 0 Å². The van der Waals surface area contributed by atoms with Gasteiger partial charge in [0.1, 0.15) is 0 Å². The van der Waals surface area contributed by atoms with E-state index < -0.39 is 0 Å². The van der Waals surface area contributed by atoms with Crippen molar-refractivity contribution in [1.82, 2.24) is 0 Å². The monoisotopic (exact) mass is 163 g/mol. The highest BCUT2D eigenvalue weighted by molar-refractivity contribution is 5.24. The van der Waals surface area contributed by atoms with Gasteiger partial charge in [-0.05, 0) is 24.5 Å². The second-order valence-corrected chi connectivity index (χ2v) is 3.28. The van der Waals surface area contributed by atoms with Gasteiger partial charge in [-0.15, -0.1) is 0 Å². The van der Waals surface area contributed by atoms with Crippen LogP contribution in [-0.2, 0) is 6.42 Å². The van der Waals surface area contributed by atoms with Gasteiger partial charge < -0.3 is 5.73 Å². The predicted octanol–water partition coefficient (Wildman–Crippen LogP) is 2.66. The van der Waals surface area contributed by atoms with Crippen LogP contribution in [0.1, 0.15) is 37.4 Å². The summed E-state index contributed by atoms with van der Waals surface area (Å²) in [5.74, 6) is 0. The highest BCUT2D eigenvalue weighted by Gasteiger charge is 1.97. The van der Waals surface area contributed by atoms with Crippen molar-refractivity contribution >= 4 is 0 Å². The molecule has 1 aromatic rings. The summed E-state index contributed by atoms with van der Waals surface area (Å²) in [5, 5.41) is 0. The first-order valence-corrected chi connectivity index (χ1v) is 4.58. The Morgan fingerprint density at radius 2 is 1.83 bits per heavy atom. The van der Waals surface area contributed by atoms with Gasteiger partial charge in [-0.25, -0.2) is 0 Å². The molecule has 0 aliphatic heterocycles. The van der Waals surface area contributed by atoms with Crippen LogP contribution >= 0.6 is 0 Å². The molecular formula is C11H17N. The lowest BCUT2D eigenvalue weighted by atomic mass is 10.0. The van der Waals surface area contributed by atoms with E-state index in [1.54, 1.807) is 0 Å². The molecule has 0 radical (unpaired) electrons. The summed E-state index contributed by atoms with van der Waals surface area (Å²) in [6.07, 6.45) is 2.37. The molecule has 1 atom stereocenters. The Kier molecular flexibility index (Phi) is 3.30. The highest BCUT2D eigenvalue weighted by Crippen LogP contribution is 2.11. The van der Waals surface area contributed by atoms with Gasteiger partial charge in [-0.3, -0.25) is 0 Å². The lowest BCUT2D eigenvalue weighted by Gasteiger charge is -2.05. The summed E-state index contributed by atoms with van der Waals surface area (Å²) in [6, 6.07) is 8.73. The Morgan fingerprint density at radius 3 is 2.25 bits per heavy atom. The van der Waals surface area contributed by atoms with E-state index >= 15 is 0 Å². The summed E-state index contributed by atoms with van der Waals surface area (Å²) in [6.45, 7) is 4.20. The Bertz CT molecular complexity index is 223. The van der Waals surface area contributed by atoms with E-state index in [0.717, 1.165) is 0 Å². The van der Waals surface area contributed by atoms with E-state index in [2.05, 4.69) is 31.2 Å². The molecule has 12 heavy (non-hydrogen) atoms. The minimum Gasteiger partial charge on any atom is -0.324 e. The van der Waals surface area contributed by atoms with Crippen molar-refractivity contribution in [2.24, 2.45) is 5.73 Å². The van der Waals surface area contributed by atoms with Crippen molar-refractivity contribution in [3.8, 4) is 0 Å². The minimum atomic E-state index is 0.153. The van der Waals surface area contributed by atoms with Gasteiger partial charge in [0, 0.05) is 6.04 Å². The van der Waals surface area contributed by atoms with Crippen LogP contribution in [0.25, 0.3) is 0 Å². The highest BCUT2D eigenvalue weighted by atomic mass is 14.6. The van der Waals surface area contributed by atoms with E-state index in [9.17, 15) is 0 Å². The van der Waals surface area contributed by atoms with Crippen LogP contribution in [0.5, 0.6) is 0 Å². The largest absolute Gasteiger partial charge is 0.324 e.